The van der Waals surface area contributed by atoms with Gasteiger partial charge in [0.2, 0.25) is 0 Å². The van der Waals surface area contributed by atoms with Gasteiger partial charge in [0.1, 0.15) is 0 Å². The summed E-state index contributed by atoms with van der Waals surface area (Å²) >= 11 is 0. The Hall–Kier alpha value is -1.60. The number of hydrogen-bond acceptors (Lipinski definition) is 1. The van der Waals surface area contributed by atoms with E-state index < -0.39 is 0 Å². The summed E-state index contributed by atoms with van der Waals surface area (Å²) in [5, 5.41) is 3.67. The maximum Gasteiger partial charge on any atom is 0.0363 e. The molecule has 1 N–H and O–H groups in total. The van der Waals surface area contributed by atoms with Gasteiger partial charge in [-0.3, -0.25) is 0 Å². The van der Waals surface area contributed by atoms with E-state index in [1.807, 2.05) is 0 Å². The molecule has 0 fully saturated rings. The average Bonchev–Trinajstić information content (AvgIpc) is 2.44. The molecule has 0 aliphatic carbocycles. The summed E-state index contributed by atoms with van der Waals surface area (Å²) in [6, 6.07) is 13.7. The SMILES string of the molecule is CCNC(Cc1c(C)cccc1C)c1cc(C)ccc1C. The van der Waals surface area contributed by atoms with Gasteiger partial charge in [-0.25, -0.2) is 0 Å². The Kier molecular flexibility index (Phi) is 5.19. The number of hydrogen-bond donors (Lipinski definition) is 1. The van der Waals surface area contributed by atoms with E-state index in [-0.39, 0.29) is 0 Å². The van der Waals surface area contributed by atoms with Crippen molar-refractivity contribution in [1.82, 2.24) is 5.32 Å². The Balaban J connectivity index is 2.38. The van der Waals surface area contributed by atoms with Crippen LogP contribution >= 0.6 is 0 Å². The highest BCUT2D eigenvalue weighted by atomic mass is 14.9. The van der Waals surface area contributed by atoms with Crippen molar-refractivity contribution in [1.29, 1.82) is 0 Å². The van der Waals surface area contributed by atoms with Crippen molar-refractivity contribution in [3.63, 3.8) is 0 Å². The van der Waals surface area contributed by atoms with E-state index in [1.54, 1.807) is 0 Å². The average molecular weight is 281 g/mol. The minimum atomic E-state index is 0.384. The largest absolute Gasteiger partial charge is 0.310 e. The summed E-state index contributed by atoms with van der Waals surface area (Å²) in [5.41, 5.74) is 8.40. The zero-order valence-corrected chi connectivity index (χ0v) is 14.0. The van der Waals surface area contributed by atoms with Gasteiger partial charge in [-0.05, 0) is 68.5 Å². The van der Waals surface area contributed by atoms with Crippen LogP contribution in [0.4, 0.5) is 0 Å². The van der Waals surface area contributed by atoms with E-state index in [2.05, 4.69) is 76.3 Å². The normalized spacial score (nSPS) is 12.4. The third-order valence-electron chi connectivity index (χ3n) is 4.31. The number of benzene rings is 2. The first-order chi connectivity index (χ1) is 10.0. The second-order valence-electron chi connectivity index (χ2n) is 6.04. The van der Waals surface area contributed by atoms with Crippen molar-refractivity contribution in [2.45, 2.75) is 47.1 Å². The quantitative estimate of drug-likeness (QED) is 0.829. The van der Waals surface area contributed by atoms with Crippen molar-refractivity contribution < 1.29 is 0 Å². The van der Waals surface area contributed by atoms with Gasteiger partial charge < -0.3 is 5.32 Å². The fraction of sp³-hybridized carbons (Fsp3) is 0.400. The molecule has 0 amide bonds. The van der Waals surface area contributed by atoms with Crippen LogP contribution < -0.4 is 5.32 Å². The number of aryl methyl sites for hydroxylation is 4. The maximum absolute atomic E-state index is 3.67. The molecule has 0 spiro atoms. The molecule has 2 aromatic rings. The molecule has 0 aliphatic heterocycles. The van der Waals surface area contributed by atoms with Crippen molar-refractivity contribution in [2.24, 2.45) is 0 Å². The zero-order valence-electron chi connectivity index (χ0n) is 14.0. The fourth-order valence-electron chi connectivity index (χ4n) is 3.05. The van der Waals surface area contributed by atoms with Crippen molar-refractivity contribution in [2.75, 3.05) is 6.54 Å². The summed E-state index contributed by atoms with van der Waals surface area (Å²) in [5.74, 6) is 0. The number of rotatable bonds is 5. The highest BCUT2D eigenvalue weighted by molar-refractivity contribution is 5.38. The minimum Gasteiger partial charge on any atom is -0.310 e. The third-order valence-corrected chi connectivity index (χ3v) is 4.31. The molecule has 0 bridgehead atoms. The van der Waals surface area contributed by atoms with E-state index in [9.17, 15) is 0 Å². The van der Waals surface area contributed by atoms with Crippen LogP contribution in [0.3, 0.4) is 0 Å². The second kappa shape index (κ2) is 6.91. The lowest BCUT2D eigenvalue weighted by molar-refractivity contribution is 0.545. The van der Waals surface area contributed by atoms with Crippen molar-refractivity contribution in [3.8, 4) is 0 Å². The minimum absolute atomic E-state index is 0.384. The van der Waals surface area contributed by atoms with Crippen molar-refractivity contribution >= 4 is 0 Å². The molecular weight excluding hydrogens is 254 g/mol. The maximum atomic E-state index is 3.67. The molecule has 1 heteroatoms. The van der Waals surface area contributed by atoms with Crippen LogP contribution in [0.25, 0.3) is 0 Å². The van der Waals surface area contributed by atoms with Gasteiger partial charge in [-0.15, -0.1) is 0 Å². The summed E-state index contributed by atoms with van der Waals surface area (Å²) in [7, 11) is 0. The molecule has 1 atom stereocenters. The highest BCUT2D eigenvalue weighted by Crippen LogP contribution is 2.26. The standard InChI is InChI=1S/C20H27N/c1-6-21-20(19-12-14(2)10-11-17(19)5)13-18-15(3)8-7-9-16(18)4/h7-12,20-21H,6,13H2,1-5H3. The molecule has 0 saturated carbocycles. The highest BCUT2D eigenvalue weighted by Gasteiger charge is 2.16. The first-order valence-corrected chi connectivity index (χ1v) is 7.88. The lowest BCUT2D eigenvalue weighted by atomic mass is 9.90. The Morgan fingerprint density at radius 2 is 1.57 bits per heavy atom. The Morgan fingerprint density at radius 1 is 0.905 bits per heavy atom. The number of likely N-dealkylation sites (N-methyl/N-ethyl adjacent to an activating group) is 1. The third kappa shape index (κ3) is 3.74. The molecule has 112 valence electrons. The molecule has 21 heavy (non-hydrogen) atoms. The Labute approximate surface area is 129 Å². The van der Waals surface area contributed by atoms with Crippen molar-refractivity contribution in [3.05, 3.63) is 69.8 Å². The van der Waals surface area contributed by atoms with E-state index >= 15 is 0 Å². The topological polar surface area (TPSA) is 12.0 Å². The van der Waals surface area contributed by atoms with Gasteiger partial charge in [-0.2, -0.15) is 0 Å². The summed E-state index contributed by atoms with van der Waals surface area (Å²) < 4.78 is 0. The molecular formula is C20H27N. The van der Waals surface area contributed by atoms with Crippen LogP contribution in [0.15, 0.2) is 36.4 Å². The molecule has 0 saturated heterocycles. The van der Waals surface area contributed by atoms with Gasteiger partial charge in [0.05, 0.1) is 0 Å². The molecule has 0 aromatic heterocycles. The van der Waals surface area contributed by atoms with Crippen LogP contribution in [0, 0.1) is 27.7 Å². The molecule has 2 rings (SSSR count). The molecule has 0 heterocycles. The van der Waals surface area contributed by atoms with Crippen LogP contribution in [-0.2, 0) is 6.42 Å². The van der Waals surface area contributed by atoms with Gasteiger partial charge in [0.25, 0.3) is 0 Å². The molecule has 1 nitrogen and oxygen atoms in total. The summed E-state index contributed by atoms with van der Waals surface area (Å²) in [6.45, 7) is 12.0. The van der Waals surface area contributed by atoms with Crippen LogP contribution in [0.1, 0.15) is 46.3 Å². The van der Waals surface area contributed by atoms with Gasteiger partial charge in [0, 0.05) is 6.04 Å². The molecule has 1 unspecified atom stereocenters. The van der Waals surface area contributed by atoms with Gasteiger partial charge in [-0.1, -0.05) is 48.9 Å². The Morgan fingerprint density at radius 3 is 2.19 bits per heavy atom. The van der Waals surface area contributed by atoms with Gasteiger partial charge in [0.15, 0.2) is 0 Å². The van der Waals surface area contributed by atoms with Crippen LogP contribution in [-0.4, -0.2) is 6.54 Å². The molecule has 0 radical (unpaired) electrons. The van der Waals surface area contributed by atoms with E-state index in [0.29, 0.717) is 6.04 Å². The summed E-state index contributed by atoms with van der Waals surface area (Å²) in [4.78, 5) is 0. The van der Waals surface area contributed by atoms with Crippen LogP contribution in [0.2, 0.25) is 0 Å². The summed E-state index contributed by atoms with van der Waals surface area (Å²) in [6.07, 6.45) is 1.05. The molecule has 2 aromatic carbocycles. The first kappa shape index (κ1) is 15.8. The lowest BCUT2D eigenvalue weighted by Crippen LogP contribution is -2.24. The van der Waals surface area contributed by atoms with Gasteiger partial charge >= 0.3 is 0 Å². The lowest BCUT2D eigenvalue weighted by Gasteiger charge is -2.23. The predicted molar refractivity (Wildman–Crippen MR) is 92.0 cm³/mol. The van der Waals surface area contributed by atoms with E-state index in [4.69, 9.17) is 0 Å². The number of nitrogens with one attached hydrogen (secondary N) is 1. The molecule has 0 aliphatic rings. The van der Waals surface area contributed by atoms with E-state index in [1.165, 1.54) is 33.4 Å². The Bertz CT molecular complexity index is 593. The zero-order chi connectivity index (χ0) is 15.4. The monoisotopic (exact) mass is 281 g/mol. The first-order valence-electron chi connectivity index (χ1n) is 7.88. The van der Waals surface area contributed by atoms with E-state index in [0.717, 1.165) is 13.0 Å². The smallest absolute Gasteiger partial charge is 0.0363 e. The fourth-order valence-corrected chi connectivity index (χ4v) is 3.05. The second-order valence-corrected chi connectivity index (χ2v) is 6.04. The predicted octanol–water partition coefficient (Wildman–Crippen LogP) is 4.81. The van der Waals surface area contributed by atoms with Crippen LogP contribution in [0.5, 0.6) is 0 Å².